The van der Waals surface area contributed by atoms with Gasteiger partial charge in [0, 0.05) is 14.1 Å². The van der Waals surface area contributed by atoms with Crippen molar-refractivity contribution in [2.24, 2.45) is 7.05 Å². The van der Waals surface area contributed by atoms with Crippen molar-refractivity contribution in [3.8, 4) is 5.75 Å². The van der Waals surface area contributed by atoms with Gasteiger partial charge in [0.15, 0.2) is 5.76 Å². The van der Waals surface area contributed by atoms with Crippen molar-refractivity contribution in [3.05, 3.63) is 69.3 Å². The first-order valence-corrected chi connectivity index (χ1v) is 9.00. The molecule has 0 saturated heterocycles. The number of carbonyl (C=O) groups is 1. The molecule has 0 saturated carbocycles. The maximum atomic E-state index is 12.5. The lowest BCUT2D eigenvalue weighted by molar-refractivity contribution is 0.0746. The zero-order valence-electron chi connectivity index (χ0n) is 14.3. The number of furan rings is 1. The molecule has 0 aliphatic heterocycles. The van der Waals surface area contributed by atoms with Crippen molar-refractivity contribution in [1.82, 2.24) is 14.7 Å². The molecule has 1 aromatic carbocycles. The monoisotopic (exact) mass is 437 g/mol. The summed E-state index contributed by atoms with van der Waals surface area (Å²) in [7, 11) is 3.47. The summed E-state index contributed by atoms with van der Waals surface area (Å²) in [5, 5.41) is 4.59. The second kappa shape index (κ2) is 7.97. The fourth-order valence-electron chi connectivity index (χ4n) is 2.38. The molecule has 0 radical (unpaired) electrons. The molecule has 0 fully saturated rings. The molecule has 2 heterocycles. The van der Waals surface area contributed by atoms with Crippen molar-refractivity contribution in [3.63, 3.8) is 0 Å². The zero-order valence-corrected chi connectivity index (χ0v) is 16.6. The van der Waals surface area contributed by atoms with Gasteiger partial charge in [-0.1, -0.05) is 23.7 Å². The van der Waals surface area contributed by atoms with Gasteiger partial charge in [0.2, 0.25) is 0 Å². The molecule has 0 spiro atoms. The number of aryl methyl sites for hydroxylation is 1. The Balaban J connectivity index is 1.63. The molecular weight excluding hydrogens is 422 g/mol. The molecule has 26 heavy (non-hydrogen) atoms. The Morgan fingerprint density at radius 2 is 2.12 bits per heavy atom. The zero-order chi connectivity index (χ0) is 18.7. The van der Waals surface area contributed by atoms with Crippen molar-refractivity contribution in [2.45, 2.75) is 13.2 Å². The summed E-state index contributed by atoms with van der Waals surface area (Å²) in [5.41, 5.74) is 0.756. The number of hydrogen-bond donors (Lipinski definition) is 0. The highest BCUT2D eigenvalue weighted by molar-refractivity contribution is 9.10. The topological polar surface area (TPSA) is 60.5 Å². The molecule has 8 heteroatoms. The largest absolute Gasteiger partial charge is 0.484 e. The predicted molar refractivity (Wildman–Crippen MR) is 101 cm³/mol. The highest BCUT2D eigenvalue weighted by Crippen LogP contribution is 2.25. The number of benzene rings is 1. The molecule has 3 rings (SSSR count). The van der Waals surface area contributed by atoms with Crippen LogP contribution in [0.1, 0.15) is 22.0 Å². The van der Waals surface area contributed by atoms with Crippen molar-refractivity contribution < 1.29 is 13.9 Å². The number of amides is 1. The molecule has 0 bridgehead atoms. The van der Waals surface area contributed by atoms with Gasteiger partial charge in [-0.25, -0.2) is 0 Å². The normalized spacial score (nSPS) is 10.8. The highest BCUT2D eigenvalue weighted by atomic mass is 79.9. The van der Waals surface area contributed by atoms with Crippen molar-refractivity contribution in [2.75, 3.05) is 7.05 Å². The van der Waals surface area contributed by atoms with Crippen LogP contribution in [0.15, 0.2) is 51.5 Å². The van der Waals surface area contributed by atoms with Crippen LogP contribution in [0.5, 0.6) is 5.75 Å². The Kier molecular flexibility index (Phi) is 5.68. The van der Waals surface area contributed by atoms with Gasteiger partial charge in [-0.3, -0.25) is 9.48 Å². The van der Waals surface area contributed by atoms with E-state index in [9.17, 15) is 4.79 Å². The van der Waals surface area contributed by atoms with Crippen LogP contribution in [0.2, 0.25) is 5.02 Å². The second-order valence-corrected chi connectivity index (χ2v) is 6.97. The molecule has 6 nitrogen and oxygen atoms in total. The average Bonchev–Trinajstić information content (AvgIpc) is 3.22. The van der Waals surface area contributed by atoms with E-state index in [2.05, 4.69) is 21.0 Å². The van der Waals surface area contributed by atoms with Gasteiger partial charge in [0.05, 0.1) is 27.9 Å². The van der Waals surface area contributed by atoms with Crippen molar-refractivity contribution in [1.29, 1.82) is 0 Å². The fraction of sp³-hybridized carbons (Fsp3) is 0.222. The summed E-state index contributed by atoms with van der Waals surface area (Å²) in [6.07, 6.45) is 1.55. The quantitative estimate of drug-likeness (QED) is 0.576. The third-order valence-corrected chi connectivity index (χ3v) is 4.79. The lowest BCUT2D eigenvalue weighted by Crippen LogP contribution is -2.27. The molecule has 0 N–H and O–H groups in total. The third kappa shape index (κ3) is 4.11. The van der Waals surface area contributed by atoms with E-state index in [4.69, 9.17) is 20.8 Å². The first-order valence-electron chi connectivity index (χ1n) is 7.83. The van der Waals surface area contributed by atoms with Crippen LogP contribution < -0.4 is 4.74 Å². The maximum Gasteiger partial charge on any atom is 0.289 e. The summed E-state index contributed by atoms with van der Waals surface area (Å²) < 4.78 is 13.8. The Hall–Kier alpha value is -2.25. The molecule has 0 aliphatic carbocycles. The SMILES string of the molecule is CN(Cc1c(Cl)cnn1C)C(=O)c1ccc(COc2ccccc2Br)o1. The third-order valence-electron chi connectivity index (χ3n) is 3.82. The number of halogens is 2. The number of carbonyl (C=O) groups excluding carboxylic acids is 1. The molecule has 0 atom stereocenters. The average molecular weight is 439 g/mol. The number of ether oxygens (including phenoxy) is 1. The van der Waals surface area contributed by atoms with Crippen LogP contribution in [0.25, 0.3) is 0 Å². The fourth-order valence-corrected chi connectivity index (χ4v) is 3.00. The minimum Gasteiger partial charge on any atom is -0.484 e. The number of hydrogen-bond acceptors (Lipinski definition) is 4. The van der Waals surface area contributed by atoms with E-state index in [1.165, 1.54) is 4.90 Å². The van der Waals surface area contributed by atoms with Gasteiger partial charge in [-0.15, -0.1) is 0 Å². The van der Waals surface area contributed by atoms with Gasteiger partial charge in [0.1, 0.15) is 18.1 Å². The predicted octanol–water partition coefficient (Wildman–Crippen LogP) is 4.28. The van der Waals surface area contributed by atoms with Crippen molar-refractivity contribution >= 4 is 33.4 Å². The van der Waals surface area contributed by atoms with Gasteiger partial charge >= 0.3 is 0 Å². The Labute approximate surface area is 164 Å². The van der Waals surface area contributed by atoms with E-state index in [1.807, 2.05) is 24.3 Å². The van der Waals surface area contributed by atoms with Crippen LogP contribution in [-0.2, 0) is 20.2 Å². The molecule has 2 aromatic heterocycles. The van der Waals surface area contributed by atoms with Gasteiger partial charge in [0.25, 0.3) is 5.91 Å². The molecule has 3 aromatic rings. The van der Waals surface area contributed by atoms with Crippen LogP contribution in [0, 0.1) is 0 Å². The van der Waals surface area contributed by atoms with Gasteiger partial charge < -0.3 is 14.1 Å². The van der Waals surface area contributed by atoms with Crippen LogP contribution >= 0.6 is 27.5 Å². The van der Waals surface area contributed by atoms with Gasteiger partial charge in [-0.2, -0.15) is 5.10 Å². The maximum absolute atomic E-state index is 12.5. The summed E-state index contributed by atoms with van der Waals surface area (Å²) in [6.45, 7) is 0.560. The van der Waals surface area contributed by atoms with E-state index >= 15 is 0 Å². The molecule has 0 unspecified atom stereocenters. The summed E-state index contributed by atoms with van der Waals surface area (Å²) in [6, 6.07) is 10.9. The molecule has 136 valence electrons. The van der Waals surface area contributed by atoms with E-state index in [0.717, 1.165) is 10.2 Å². The Morgan fingerprint density at radius 1 is 1.35 bits per heavy atom. The Bertz CT molecular complexity index is 903. The van der Waals surface area contributed by atoms with Gasteiger partial charge in [-0.05, 0) is 40.2 Å². The number of para-hydroxylation sites is 1. The summed E-state index contributed by atoms with van der Waals surface area (Å²) >= 11 is 9.51. The first-order chi connectivity index (χ1) is 12.5. The van der Waals surface area contributed by atoms with E-state index in [1.54, 1.807) is 37.1 Å². The van der Waals surface area contributed by atoms with E-state index < -0.39 is 0 Å². The van der Waals surface area contributed by atoms with Crippen LogP contribution in [0.4, 0.5) is 0 Å². The van der Waals surface area contributed by atoms with Crippen LogP contribution in [-0.4, -0.2) is 27.6 Å². The first kappa shape index (κ1) is 18.5. The molecule has 0 aliphatic rings. The van der Waals surface area contributed by atoms with E-state index in [0.29, 0.717) is 23.1 Å². The van der Waals surface area contributed by atoms with Crippen LogP contribution in [0.3, 0.4) is 0 Å². The van der Waals surface area contributed by atoms with E-state index in [-0.39, 0.29) is 18.3 Å². The number of nitrogens with zero attached hydrogens (tertiary/aromatic N) is 3. The number of rotatable bonds is 6. The Morgan fingerprint density at radius 3 is 2.81 bits per heavy atom. The smallest absolute Gasteiger partial charge is 0.289 e. The minimum atomic E-state index is -0.241. The minimum absolute atomic E-state index is 0.229. The summed E-state index contributed by atoms with van der Waals surface area (Å²) in [5.74, 6) is 1.28. The molecular formula is C18H17BrClN3O3. The standard InChI is InChI=1S/C18H17BrClN3O3/c1-22(10-15-14(20)9-21-23(15)2)18(24)17-8-7-12(26-17)11-25-16-6-4-3-5-13(16)19/h3-9H,10-11H2,1-2H3. The lowest BCUT2D eigenvalue weighted by atomic mass is 10.3. The summed E-state index contributed by atoms with van der Waals surface area (Å²) in [4.78, 5) is 14.1. The molecule has 1 amide bonds. The number of aromatic nitrogens is 2. The highest BCUT2D eigenvalue weighted by Gasteiger charge is 2.19. The second-order valence-electron chi connectivity index (χ2n) is 5.71. The lowest BCUT2D eigenvalue weighted by Gasteiger charge is -2.16.